The van der Waals surface area contributed by atoms with Crippen molar-refractivity contribution in [3.63, 3.8) is 0 Å². The van der Waals surface area contributed by atoms with Gasteiger partial charge in [0.15, 0.2) is 0 Å². The number of aryl methyl sites for hydroxylation is 1. The van der Waals surface area contributed by atoms with E-state index in [9.17, 15) is 18.1 Å². The van der Waals surface area contributed by atoms with Gasteiger partial charge in [-0.3, -0.25) is 4.55 Å². The van der Waals surface area contributed by atoms with Crippen molar-refractivity contribution in [2.75, 3.05) is 0 Å². The van der Waals surface area contributed by atoms with Gasteiger partial charge in [-0.1, -0.05) is 36.4 Å². The van der Waals surface area contributed by atoms with Crippen molar-refractivity contribution in [3.8, 4) is 16.9 Å². The van der Waals surface area contributed by atoms with Gasteiger partial charge in [-0.05, 0) is 24.1 Å². The number of benzene rings is 2. The van der Waals surface area contributed by atoms with E-state index in [-0.39, 0.29) is 16.2 Å². The molecule has 0 aliphatic heterocycles. The Morgan fingerprint density at radius 1 is 1.00 bits per heavy atom. The Balaban J connectivity index is 2.86. The molecule has 0 aromatic heterocycles. The van der Waals surface area contributed by atoms with Gasteiger partial charge in [0.25, 0.3) is 10.1 Å². The fourth-order valence-electron chi connectivity index (χ4n) is 1.89. The molecule has 0 saturated heterocycles. The van der Waals surface area contributed by atoms with Crippen LogP contribution < -0.4 is 0 Å². The average molecular weight is 264 g/mol. The first kappa shape index (κ1) is 12.6. The molecule has 0 aliphatic rings. The van der Waals surface area contributed by atoms with Crippen LogP contribution >= 0.6 is 0 Å². The van der Waals surface area contributed by atoms with Crippen molar-refractivity contribution in [1.82, 2.24) is 0 Å². The molecule has 0 bridgehead atoms. The van der Waals surface area contributed by atoms with E-state index in [0.717, 1.165) is 0 Å². The van der Waals surface area contributed by atoms with Crippen LogP contribution in [0.4, 0.5) is 0 Å². The molecule has 0 aliphatic carbocycles. The second-order valence-electron chi connectivity index (χ2n) is 3.95. The summed E-state index contributed by atoms with van der Waals surface area (Å²) in [4.78, 5) is -0.256. The molecule has 5 heteroatoms. The third kappa shape index (κ3) is 2.23. The molecule has 2 rings (SSSR count). The van der Waals surface area contributed by atoms with Gasteiger partial charge < -0.3 is 5.11 Å². The molecule has 0 heterocycles. The lowest BCUT2D eigenvalue weighted by Gasteiger charge is -2.12. The molecule has 0 saturated carbocycles. The minimum Gasteiger partial charge on any atom is -0.507 e. The second kappa shape index (κ2) is 4.44. The monoisotopic (exact) mass is 264 g/mol. The minimum absolute atomic E-state index is 0.123. The van der Waals surface area contributed by atoms with E-state index in [1.54, 1.807) is 37.3 Å². The highest BCUT2D eigenvalue weighted by Crippen LogP contribution is 2.36. The predicted octanol–water partition coefficient (Wildman–Crippen LogP) is 2.61. The largest absolute Gasteiger partial charge is 0.507 e. The Bertz CT molecular complexity index is 676. The summed E-state index contributed by atoms with van der Waals surface area (Å²) in [6, 6.07) is 11.4. The van der Waals surface area contributed by atoms with E-state index >= 15 is 0 Å². The standard InChI is InChI=1S/C13H12O4S/c1-9-7-8-11(14)12(13(9)18(15,16)17)10-5-3-2-4-6-10/h2-8,14H,1H3,(H,15,16,17). The second-order valence-corrected chi connectivity index (χ2v) is 5.31. The van der Waals surface area contributed by atoms with Crippen molar-refractivity contribution < 1.29 is 18.1 Å². The smallest absolute Gasteiger partial charge is 0.295 e. The summed E-state index contributed by atoms with van der Waals surface area (Å²) in [5.41, 5.74) is 1.04. The van der Waals surface area contributed by atoms with Crippen molar-refractivity contribution >= 4 is 10.1 Å². The van der Waals surface area contributed by atoms with E-state index in [4.69, 9.17) is 0 Å². The van der Waals surface area contributed by atoms with Crippen LogP contribution in [0.5, 0.6) is 5.75 Å². The molecule has 2 aromatic carbocycles. The normalized spacial score (nSPS) is 11.4. The summed E-state index contributed by atoms with van der Waals surface area (Å²) in [7, 11) is -4.39. The van der Waals surface area contributed by atoms with Crippen LogP contribution in [-0.4, -0.2) is 18.1 Å². The Morgan fingerprint density at radius 2 is 1.61 bits per heavy atom. The summed E-state index contributed by atoms with van der Waals surface area (Å²) < 4.78 is 32.2. The van der Waals surface area contributed by atoms with Gasteiger partial charge in [0, 0.05) is 5.56 Å². The highest BCUT2D eigenvalue weighted by Gasteiger charge is 2.22. The van der Waals surface area contributed by atoms with Crippen LogP contribution in [0.1, 0.15) is 5.56 Å². The maximum absolute atomic E-state index is 11.4. The average Bonchev–Trinajstić information content (AvgIpc) is 2.31. The highest BCUT2D eigenvalue weighted by molar-refractivity contribution is 7.86. The summed E-state index contributed by atoms with van der Waals surface area (Å²) in [5, 5.41) is 9.86. The number of phenols is 1. The SMILES string of the molecule is Cc1ccc(O)c(-c2ccccc2)c1S(=O)(=O)O. The Morgan fingerprint density at radius 3 is 2.17 bits per heavy atom. The van der Waals surface area contributed by atoms with Crippen LogP contribution in [0.3, 0.4) is 0 Å². The molecule has 4 nitrogen and oxygen atoms in total. The predicted molar refractivity (Wildman–Crippen MR) is 68.1 cm³/mol. The number of rotatable bonds is 2. The van der Waals surface area contributed by atoms with Crippen LogP contribution in [0, 0.1) is 6.92 Å². The van der Waals surface area contributed by atoms with Crippen LogP contribution in [0.2, 0.25) is 0 Å². The maximum atomic E-state index is 11.4. The number of hydrogen-bond acceptors (Lipinski definition) is 3. The van der Waals surface area contributed by atoms with Crippen LogP contribution in [0.15, 0.2) is 47.4 Å². The van der Waals surface area contributed by atoms with E-state index in [1.165, 1.54) is 12.1 Å². The van der Waals surface area contributed by atoms with Crippen molar-refractivity contribution in [3.05, 3.63) is 48.0 Å². The first-order valence-corrected chi connectivity index (χ1v) is 6.71. The zero-order valence-corrected chi connectivity index (χ0v) is 10.5. The van der Waals surface area contributed by atoms with Gasteiger partial charge in [0.1, 0.15) is 10.6 Å². The van der Waals surface area contributed by atoms with Crippen molar-refractivity contribution in [1.29, 1.82) is 0 Å². The highest BCUT2D eigenvalue weighted by atomic mass is 32.2. The molecule has 0 spiro atoms. The zero-order valence-electron chi connectivity index (χ0n) is 9.66. The summed E-state index contributed by atoms with van der Waals surface area (Å²) in [6.07, 6.45) is 0. The number of aromatic hydroxyl groups is 1. The molecule has 0 unspecified atom stereocenters. The fraction of sp³-hybridized carbons (Fsp3) is 0.0769. The van der Waals surface area contributed by atoms with Gasteiger partial charge in [-0.2, -0.15) is 8.42 Å². The van der Waals surface area contributed by atoms with Gasteiger partial charge >= 0.3 is 0 Å². The van der Waals surface area contributed by atoms with E-state index < -0.39 is 10.1 Å². The van der Waals surface area contributed by atoms with Gasteiger partial charge in [0.2, 0.25) is 0 Å². The lowest BCUT2D eigenvalue weighted by Crippen LogP contribution is -2.03. The molecule has 2 N–H and O–H groups in total. The number of phenolic OH excluding ortho intramolecular Hbond substituents is 1. The molecule has 18 heavy (non-hydrogen) atoms. The summed E-state index contributed by atoms with van der Waals surface area (Å²) in [6.45, 7) is 1.56. The zero-order chi connectivity index (χ0) is 13.3. The first-order chi connectivity index (χ1) is 8.41. The van der Waals surface area contributed by atoms with Gasteiger partial charge in [-0.25, -0.2) is 0 Å². The molecule has 2 aromatic rings. The van der Waals surface area contributed by atoms with Gasteiger partial charge in [-0.15, -0.1) is 0 Å². The molecule has 0 radical (unpaired) electrons. The molecule has 0 atom stereocenters. The molecule has 94 valence electrons. The lowest BCUT2D eigenvalue weighted by atomic mass is 10.0. The quantitative estimate of drug-likeness (QED) is 0.818. The Kier molecular flexibility index (Phi) is 3.11. The number of hydrogen-bond donors (Lipinski definition) is 2. The van der Waals surface area contributed by atoms with Gasteiger partial charge in [0.05, 0.1) is 0 Å². The van der Waals surface area contributed by atoms with Crippen LogP contribution in [-0.2, 0) is 10.1 Å². The maximum Gasteiger partial charge on any atom is 0.295 e. The first-order valence-electron chi connectivity index (χ1n) is 5.27. The van der Waals surface area contributed by atoms with Crippen molar-refractivity contribution in [2.24, 2.45) is 0 Å². The Labute approximate surface area is 105 Å². The van der Waals surface area contributed by atoms with E-state index in [0.29, 0.717) is 11.1 Å². The van der Waals surface area contributed by atoms with Crippen LogP contribution in [0.25, 0.3) is 11.1 Å². The third-order valence-corrected chi connectivity index (χ3v) is 3.69. The molecule has 0 amide bonds. The summed E-state index contributed by atoms with van der Waals surface area (Å²) >= 11 is 0. The Hall–Kier alpha value is -1.85. The van der Waals surface area contributed by atoms with E-state index in [2.05, 4.69) is 0 Å². The summed E-state index contributed by atoms with van der Waals surface area (Å²) in [5.74, 6) is -0.181. The molecule has 0 fully saturated rings. The topological polar surface area (TPSA) is 74.6 Å². The van der Waals surface area contributed by atoms with E-state index in [1.807, 2.05) is 0 Å². The molecular formula is C13H12O4S. The molecular weight excluding hydrogens is 252 g/mol. The fourth-order valence-corrected chi connectivity index (χ4v) is 2.85. The minimum atomic E-state index is -4.39. The van der Waals surface area contributed by atoms with Crippen molar-refractivity contribution in [2.45, 2.75) is 11.8 Å². The lowest BCUT2D eigenvalue weighted by molar-refractivity contribution is 0.468. The third-order valence-electron chi connectivity index (χ3n) is 2.65.